The van der Waals surface area contributed by atoms with E-state index < -0.39 is 0 Å². The van der Waals surface area contributed by atoms with Crippen molar-refractivity contribution >= 4 is 29.3 Å². The first kappa shape index (κ1) is 22.6. The fourth-order valence-electron chi connectivity index (χ4n) is 3.06. The summed E-state index contributed by atoms with van der Waals surface area (Å²) < 4.78 is 19.3. The Bertz CT molecular complexity index is 842. The van der Waals surface area contributed by atoms with Gasteiger partial charge in [0.1, 0.15) is 11.6 Å². The molecule has 0 aliphatic rings. The van der Waals surface area contributed by atoms with Gasteiger partial charge in [0.05, 0.1) is 18.9 Å². The van der Waals surface area contributed by atoms with Crippen LogP contribution in [0.4, 0.5) is 4.39 Å². The van der Waals surface area contributed by atoms with Crippen LogP contribution in [-0.2, 0) is 10.5 Å². The van der Waals surface area contributed by atoms with Gasteiger partial charge in [-0.2, -0.15) is 0 Å². The molecular formula is C22H27ClFNO2S. The molecule has 1 atom stereocenters. The normalized spacial score (nSPS) is 12.1. The molecule has 6 heteroatoms. The number of rotatable bonds is 8. The van der Waals surface area contributed by atoms with Crippen LogP contribution in [0.15, 0.2) is 30.3 Å². The van der Waals surface area contributed by atoms with Crippen LogP contribution in [0.5, 0.6) is 5.75 Å². The molecule has 3 nitrogen and oxygen atoms in total. The Morgan fingerprint density at radius 2 is 1.93 bits per heavy atom. The lowest BCUT2D eigenvalue weighted by atomic mass is 9.93. The fourth-order valence-corrected chi connectivity index (χ4v) is 4.05. The van der Waals surface area contributed by atoms with Gasteiger partial charge in [0, 0.05) is 10.8 Å². The van der Waals surface area contributed by atoms with Gasteiger partial charge >= 0.3 is 0 Å². The maximum absolute atomic E-state index is 13.8. The molecule has 0 spiro atoms. The number of carbonyl (C=O) groups excluding carboxylic acids is 1. The second-order valence-electron chi connectivity index (χ2n) is 7.12. The minimum Gasteiger partial charge on any atom is -0.496 e. The third-order valence-electron chi connectivity index (χ3n) is 4.59. The maximum atomic E-state index is 13.8. The van der Waals surface area contributed by atoms with Crippen LogP contribution in [0.25, 0.3) is 0 Å². The third-order valence-corrected chi connectivity index (χ3v) is 5.81. The van der Waals surface area contributed by atoms with E-state index in [-0.39, 0.29) is 23.5 Å². The van der Waals surface area contributed by atoms with E-state index in [0.29, 0.717) is 22.3 Å². The van der Waals surface area contributed by atoms with Gasteiger partial charge in [-0.05, 0) is 66.3 Å². The highest BCUT2D eigenvalue weighted by Crippen LogP contribution is 2.32. The van der Waals surface area contributed by atoms with E-state index in [9.17, 15) is 9.18 Å². The molecule has 0 bridgehead atoms. The van der Waals surface area contributed by atoms with Crippen molar-refractivity contribution in [2.45, 2.75) is 45.4 Å². The summed E-state index contributed by atoms with van der Waals surface area (Å²) in [6.07, 6.45) is 0. The van der Waals surface area contributed by atoms with Crippen molar-refractivity contribution in [3.05, 3.63) is 63.4 Å². The van der Waals surface area contributed by atoms with Crippen molar-refractivity contribution in [2.75, 3.05) is 12.9 Å². The molecule has 28 heavy (non-hydrogen) atoms. The number of ether oxygens (including phenoxy) is 1. The Labute approximate surface area is 176 Å². The first-order valence-electron chi connectivity index (χ1n) is 9.22. The molecule has 0 unspecified atom stereocenters. The van der Waals surface area contributed by atoms with Gasteiger partial charge in [0.2, 0.25) is 5.91 Å². The van der Waals surface area contributed by atoms with Crippen molar-refractivity contribution < 1.29 is 13.9 Å². The summed E-state index contributed by atoms with van der Waals surface area (Å²) in [6.45, 7) is 8.22. The molecule has 1 N–H and O–H groups in total. The van der Waals surface area contributed by atoms with Gasteiger partial charge in [-0.15, -0.1) is 11.8 Å². The van der Waals surface area contributed by atoms with E-state index in [2.05, 4.69) is 25.2 Å². The predicted octanol–water partition coefficient (Wildman–Crippen LogP) is 6.03. The van der Waals surface area contributed by atoms with Gasteiger partial charge in [-0.1, -0.05) is 31.5 Å². The zero-order valence-electron chi connectivity index (χ0n) is 16.9. The van der Waals surface area contributed by atoms with Crippen molar-refractivity contribution in [3.8, 4) is 5.75 Å². The van der Waals surface area contributed by atoms with Crippen LogP contribution in [0, 0.1) is 12.7 Å². The Morgan fingerprint density at radius 3 is 2.54 bits per heavy atom. The molecular weight excluding hydrogens is 397 g/mol. The Balaban J connectivity index is 1.97. The van der Waals surface area contributed by atoms with Gasteiger partial charge < -0.3 is 10.1 Å². The highest BCUT2D eigenvalue weighted by Gasteiger charge is 2.17. The quantitative estimate of drug-likeness (QED) is 0.563. The zero-order valence-corrected chi connectivity index (χ0v) is 18.5. The molecule has 152 valence electrons. The smallest absolute Gasteiger partial charge is 0.230 e. The summed E-state index contributed by atoms with van der Waals surface area (Å²) in [4.78, 5) is 12.3. The lowest BCUT2D eigenvalue weighted by molar-refractivity contribution is -0.119. The largest absolute Gasteiger partial charge is 0.496 e. The first-order valence-corrected chi connectivity index (χ1v) is 10.8. The Kier molecular flexibility index (Phi) is 8.20. The summed E-state index contributed by atoms with van der Waals surface area (Å²) >= 11 is 7.14. The number of carbonyl (C=O) groups is 1. The lowest BCUT2D eigenvalue weighted by Gasteiger charge is -2.21. The topological polar surface area (TPSA) is 38.3 Å². The van der Waals surface area contributed by atoms with Crippen LogP contribution < -0.4 is 10.1 Å². The van der Waals surface area contributed by atoms with E-state index in [1.165, 1.54) is 17.8 Å². The van der Waals surface area contributed by atoms with Crippen LogP contribution >= 0.6 is 23.4 Å². The van der Waals surface area contributed by atoms with E-state index in [0.717, 1.165) is 22.4 Å². The molecule has 0 aliphatic heterocycles. The van der Waals surface area contributed by atoms with Crippen LogP contribution in [0.2, 0.25) is 5.02 Å². The Hall–Kier alpha value is -1.72. The summed E-state index contributed by atoms with van der Waals surface area (Å²) in [7, 11) is 1.67. The molecule has 0 aliphatic carbocycles. The molecule has 0 fully saturated rings. The van der Waals surface area contributed by atoms with E-state index in [1.54, 1.807) is 19.2 Å². The number of hydrogen-bond acceptors (Lipinski definition) is 3. The number of methoxy groups -OCH3 is 1. The molecule has 0 heterocycles. The minimum absolute atomic E-state index is 0.0758. The standard InChI is InChI=1S/C22H27ClFNO2S/c1-13(2)18-10-19(14(3)8-21(18)27-5)15(4)25-22(26)12-28-11-16-6-7-17(23)9-20(16)24/h6-10,13,15H,11-12H2,1-5H3,(H,25,26)/t15-/m1/s1. The molecule has 1 amide bonds. The second-order valence-corrected chi connectivity index (χ2v) is 8.55. The van der Waals surface area contributed by atoms with E-state index >= 15 is 0 Å². The fraction of sp³-hybridized carbons (Fsp3) is 0.409. The molecule has 2 aromatic rings. The van der Waals surface area contributed by atoms with Crippen molar-refractivity contribution in [3.63, 3.8) is 0 Å². The zero-order chi connectivity index (χ0) is 20.8. The van der Waals surface area contributed by atoms with Gasteiger partial charge in [0.15, 0.2) is 0 Å². The number of benzene rings is 2. The molecule has 0 aromatic heterocycles. The van der Waals surface area contributed by atoms with Gasteiger partial charge in [-0.3, -0.25) is 4.79 Å². The molecule has 2 rings (SSSR count). The van der Waals surface area contributed by atoms with Crippen molar-refractivity contribution in [1.82, 2.24) is 5.32 Å². The van der Waals surface area contributed by atoms with Crippen molar-refractivity contribution in [2.24, 2.45) is 0 Å². The molecule has 0 saturated heterocycles. The SMILES string of the molecule is COc1cc(C)c([C@@H](C)NC(=O)CSCc2ccc(Cl)cc2F)cc1C(C)C. The third kappa shape index (κ3) is 5.89. The van der Waals surface area contributed by atoms with E-state index in [4.69, 9.17) is 16.3 Å². The van der Waals surface area contributed by atoms with Crippen LogP contribution in [0.3, 0.4) is 0 Å². The summed E-state index contributed by atoms with van der Waals surface area (Å²) in [6, 6.07) is 8.61. The highest BCUT2D eigenvalue weighted by molar-refractivity contribution is 7.99. The number of amides is 1. The molecule has 0 radical (unpaired) electrons. The number of thioether (sulfide) groups is 1. The number of halogens is 2. The maximum Gasteiger partial charge on any atom is 0.230 e. The molecule has 2 aromatic carbocycles. The molecule has 0 saturated carbocycles. The summed E-state index contributed by atoms with van der Waals surface area (Å²) in [5, 5.41) is 3.40. The number of nitrogens with one attached hydrogen (secondary N) is 1. The second kappa shape index (κ2) is 10.2. The number of hydrogen-bond donors (Lipinski definition) is 1. The predicted molar refractivity (Wildman–Crippen MR) is 116 cm³/mol. The summed E-state index contributed by atoms with van der Waals surface area (Å²) in [5.41, 5.74) is 3.82. The average molecular weight is 424 g/mol. The highest BCUT2D eigenvalue weighted by atomic mass is 35.5. The van der Waals surface area contributed by atoms with Gasteiger partial charge in [0.25, 0.3) is 0 Å². The van der Waals surface area contributed by atoms with Crippen molar-refractivity contribution in [1.29, 1.82) is 0 Å². The van der Waals surface area contributed by atoms with Crippen LogP contribution in [-0.4, -0.2) is 18.8 Å². The van der Waals surface area contributed by atoms with Gasteiger partial charge in [-0.25, -0.2) is 4.39 Å². The lowest BCUT2D eigenvalue weighted by Crippen LogP contribution is -2.28. The first-order chi connectivity index (χ1) is 13.2. The minimum atomic E-state index is -0.344. The van der Waals surface area contributed by atoms with Crippen LogP contribution in [0.1, 0.15) is 55.0 Å². The van der Waals surface area contributed by atoms with E-state index in [1.807, 2.05) is 19.9 Å². The Morgan fingerprint density at radius 1 is 1.21 bits per heavy atom. The monoisotopic (exact) mass is 423 g/mol. The average Bonchev–Trinajstić information content (AvgIpc) is 2.62. The number of aryl methyl sites for hydroxylation is 1. The summed E-state index contributed by atoms with van der Waals surface area (Å²) in [5.74, 6) is 1.46.